The molecule has 3 nitrogen and oxygen atoms in total. The maximum atomic E-state index is 11.5. The van der Waals surface area contributed by atoms with Crippen LogP contribution in [-0.4, -0.2) is 16.1 Å². The van der Waals surface area contributed by atoms with Crippen LogP contribution in [0, 0.1) is 0 Å². The molecule has 1 fully saturated rings. The molecular formula is C14H13NO2. The summed E-state index contributed by atoms with van der Waals surface area (Å²) >= 11 is 0. The molecule has 0 bridgehead atoms. The Bertz CT molecular complexity index is 582. The molecule has 3 rings (SSSR count). The summed E-state index contributed by atoms with van der Waals surface area (Å²) < 4.78 is 0. The van der Waals surface area contributed by atoms with E-state index in [0.29, 0.717) is 0 Å². The number of carboxylic acids is 1. The van der Waals surface area contributed by atoms with Gasteiger partial charge in [0.1, 0.15) is 0 Å². The van der Waals surface area contributed by atoms with Crippen molar-refractivity contribution in [1.82, 2.24) is 4.98 Å². The van der Waals surface area contributed by atoms with Gasteiger partial charge in [-0.25, -0.2) is 0 Å². The summed E-state index contributed by atoms with van der Waals surface area (Å²) in [6.45, 7) is 0. The highest BCUT2D eigenvalue weighted by Gasteiger charge is 2.46. The Hall–Kier alpha value is -1.90. The van der Waals surface area contributed by atoms with Crippen molar-refractivity contribution in [2.45, 2.75) is 24.7 Å². The van der Waals surface area contributed by atoms with Crippen LogP contribution < -0.4 is 0 Å². The summed E-state index contributed by atoms with van der Waals surface area (Å²) in [6, 6.07) is 7.74. The average Bonchev–Trinajstić information content (AvgIpc) is 2.27. The van der Waals surface area contributed by atoms with Crippen LogP contribution >= 0.6 is 0 Å². The van der Waals surface area contributed by atoms with Gasteiger partial charge >= 0.3 is 5.97 Å². The zero-order chi connectivity index (χ0) is 11.9. The van der Waals surface area contributed by atoms with Crippen LogP contribution in [-0.2, 0) is 10.2 Å². The third kappa shape index (κ3) is 1.35. The van der Waals surface area contributed by atoms with Crippen LogP contribution in [0.4, 0.5) is 0 Å². The third-order valence-corrected chi connectivity index (χ3v) is 3.81. The second-order valence-corrected chi connectivity index (χ2v) is 4.64. The summed E-state index contributed by atoms with van der Waals surface area (Å²) in [5, 5.41) is 11.5. The molecule has 17 heavy (non-hydrogen) atoms. The fraction of sp³-hybridized carbons (Fsp3) is 0.286. The highest BCUT2D eigenvalue weighted by atomic mass is 16.4. The summed E-state index contributed by atoms with van der Waals surface area (Å²) in [6.07, 6.45) is 5.98. The van der Waals surface area contributed by atoms with Gasteiger partial charge < -0.3 is 5.11 Å². The van der Waals surface area contributed by atoms with Crippen molar-refractivity contribution in [1.29, 1.82) is 0 Å². The Morgan fingerprint density at radius 3 is 2.76 bits per heavy atom. The number of aliphatic carboxylic acids is 1. The van der Waals surface area contributed by atoms with Gasteiger partial charge in [-0.05, 0) is 29.9 Å². The number of carbonyl (C=O) groups is 1. The van der Waals surface area contributed by atoms with Gasteiger partial charge in [0.15, 0.2) is 0 Å². The maximum absolute atomic E-state index is 11.5. The first-order chi connectivity index (χ1) is 8.24. The summed E-state index contributed by atoms with van der Waals surface area (Å²) in [4.78, 5) is 15.6. The topological polar surface area (TPSA) is 50.2 Å². The highest BCUT2D eigenvalue weighted by molar-refractivity contribution is 5.93. The molecule has 1 saturated carbocycles. The lowest BCUT2D eigenvalue weighted by Gasteiger charge is -2.38. The van der Waals surface area contributed by atoms with Gasteiger partial charge in [-0.15, -0.1) is 0 Å². The molecule has 1 heterocycles. The monoisotopic (exact) mass is 227 g/mol. The second-order valence-electron chi connectivity index (χ2n) is 4.64. The molecule has 0 atom stereocenters. The number of aromatic nitrogens is 1. The SMILES string of the molecule is O=C(O)C1(c2cccc3cnccc23)CCC1. The van der Waals surface area contributed by atoms with E-state index < -0.39 is 11.4 Å². The molecule has 0 spiro atoms. The molecule has 1 aromatic heterocycles. The molecule has 1 aliphatic carbocycles. The summed E-state index contributed by atoms with van der Waals surface area (Å²) in [5.74, 6) is -0.701. The van der Waals surface area contributed by atoms with Gasteiger partial charge in [0, 0.05) is 17.8 Å². The van der Waals surface area contributed by atoms with Crippen LogP contribution in [0.1, 0.15) is 24.8 Å². The van der Waals surface area contributed by atoms with Crippen LogP contribution in [0.3, 0.4) is 0 Å². The van der Waals surface area contributed by atoms with Gasteiger partial charge in [-0.3, -0.25) is 9.78 Å². The smallest absolute Gasteiger partial charge is 0.314 e. The van der Waals surface area contributed by atoms with E-state index in [4.69, 9.17) is 0 Å². The first-order valence-electron chi connectivity index (χ1n) is 5.81. The number of fused-ring (bicyclic) bond motifs is 1. The number of hydrogen-bond acceptors (Lipinski definition) is 2. The normalized spacial score (nSPS) is 17.6. The minimum atomic E-state index is -0.701. The van der Waals surface area contributed by atoms with Crippen molar-refractivity contribution in [3.8, 4) is 0 Å². The fourth-order valence-corrected chi connectivity index (χ4v) is 2.67. The molecule has 0 amide bonds. The highest BCUT2D eigenvalue weighted by Crippen LogP contribution is 2.46. The first kappa shape index (κ1) is 10.3. The van der Waals surface area contributed by atoms with Gasteiger partial charge in [-0.1, -0.05) is 24.6 Å². The molecule has 0 saturated heterocycles. The Kier molecular flexibility index (Phi) is 2.15. The number of hydrogen-bond donors (Lipinski definition) is 1. The Balaban J connectivity index is 2.27. The summed E-state index contributed by atoms with van der Waals surface area (Å²) in [7, 11) is 0. The van der Waals surface area contributed by atoms with E-state index in [9.17, 15) is 9.90 Å². The third-order valence-electron chi connectivity index (χ3n) is 3.81. The second kappa shape index (κ2) is 3.55. The predicted molar refractivity (Wildman–Crippen MR) is 64.9 cm³/mol. The minimum absolute atomic E-state index is 0.666. The van der Waals surface area contributed by atoms with Crippen molar-refractivity contribution < 1.29 is 9.90 Å². The maximum Gasteiger partial charge on any atom is 0.314 e. The lowest BCUT2D eigenvalue weighted by molar-refractivity contribution is -0.147. The minimum Gasteiger partial charge on any atom is -0.481 e. The quantitative estimate of drug-likeness (QED) is 0.858. The van der Waals surface area contributed by atoms with E-state index >= 15 is 0 Å². The molecule has 3 heteroatoms. The van der Waals surface area contributed by atoms with Gasteiger partial charge in [-0.2, -0.15) is 0 Å². The fourth-order valence-electron chi connectivity index (χ4n) is 2.67. The largest absolute Gasteiger partial charge is 0.481 e. The van der Waals surface area contributed by atoms with Crippen LogP contribution in [0.25, 0.3) is 10.8 Å². The van der Waals surface area contributed by atoms with Crippen molar-refractivity contribution in [3.05, 3.63) is 42.2 Å². The Morgan fingerprint density at radius 1 is 1.29 bits per heavy atom. The van der Waals surface area contributed by atoms with Crippen molar-refractivity contribution in [2.75, 3.05) is 0 Å². The van der Waals surface area contributed by atoms with E-state index in [1.807, 2.05) is 24.3 Å². The predicted octanol–water partition coefficient (Wildman–Crippen LogP) is 2.74. The number of pyridine rings is 1. The lowest BCUT2D eigenvalue weighted by atomic mass is 9.63. The van der Waals surface area contributed by atoms with E-state index in [0.717, 1.165) is 35.6 Å². The van der Waals surface area contributed by atoms with Crippen LogP contribution in [0.5, 0.6) is 0 Å². The van der Waals surface area contributed by atoms with E-state index in [1.54, 1.807) is 12.4 Å². The number of carboxylic acid groups (broad SMARTS) is 1. The lowest BCUT2D eigenvalue weighted by Crippen LogP contribution is -2.42. The molecular weight excluding hydrogens is 214 g/mol. The Morgan fingerprint density at radius 2 is 2.12 bits per heavy atom. The molecule has 86 valence electrons. The summed E-state index contributed by atoms with van der Waals surface area (Å²) in [5.41, 5.74) is 0.275. The molecule has 0 aliphatic heterocycles. The standard InChI is InChI=1S/C14H13NO2/c16-13(17)14(6-2-7-14)12-4-1-3-10-9-15-8-5-11(10)12/h1,3-5,8-9H,2,6-7H2,(H,16,17). The molecule has 1 aliphatic rings. The van der Waals surface area contributed by atoms with Gasteiger partial charge in [0.2, 0.25) is 0 Å². The number of benzene rings is 1. The van der Waals surface area contributed by atoms with E-state index in [1.165, 1.54) is 0 Å². The van der Waals surface area contributed by atoms with Crippen molar-refractivity contribution >= 4 is 16.7 Å². The number of nitrogens with zero attached hydrogens (tertiary/aromatic N) is 1. The molecule has 2 aromatic rings. The zero-order valence-electron chi connectivity index (χ0n) is 9.39. The van der Waals surface area contributed by atoms with Gasteiger partial charge in [0.05, 0.1) is 5.41 Å². The van der Waals surface area contributed by atoms with Crippen molar-refractivity contribution in [2.24, 2.45) is 0 Å². The van der Waals surface area contributed by atoms with Crippen LogP contribution in [0.15, 0.2) is 36.7 Å². The molecule has 1 N–H and O–H groups in total. The number of rotatable bonds is 2. The van der Waals surface area contributed by atoms with E-state index in [-0.39, 0.29) is 0 Å². The molecule has 1 aromatic carbocycles. The molecule has 0 radical (unpaired) electrons. The van der Waals surface area contributed by atoms with E-state index in [2.05, 4.69) is 4.98 Å². The first-order valence-corrected chi connectivity index (χ1v) is 5.81. The van der Waals surface area contributed by atoms with Crippen LogP contribution in [0.2, 0.25) is 0 Å². The van der Waals surface area contributed by atoms with Gasteiger partial charge in [0.25, 0.3) is 0 Å². The molecule has 0 unspecified atom stereocenters. The average molecular weight is 227 g/mol. The van der Waals surface area contributed by atoms with Crippen molar-refractivity contribution in [3.63, 3.8) is 0 Å². The Labute approximate surface area is 99.1 Å². The zero-order valence-corrected chi connectivity index (χ0v) is 9.39.